The molecular formula is C21H33N3O2S. The summed E-state index contributed by atoms with van der Waals surface area (Å²) < 4.78 is 10.7. The lowest BCUT2D eigenvalue weighted by molar-refractivity contribution is 0.107. The molecule has 1 aliphatic carbocycles. The van der Waals surface area contributed by atoms with E-state index in [1.807, 2.05) is 12.1 Å². The molecule has 2 fully saturated rings. The van der Waals surface area contributed by atoms with Crippen molar-refractivity contribution < 1.29 is 9.47 Å². The van der Waals surface area contributed by atoms with E-state index in [4.69, 9.17) is 21.7 Å². The van der Waals surface area contributed by atoms with Gasteiger partial charge in [-0.25, -0.2) is 0 Å². The van der Waals surface area contributed by atoms with E-state index >= 15 is 0 Å². The molecule has 1 N–H and O–H groups in total. The average molecular weight is 392 g/mol. The van der Waals surface area contributed by atoms with Gasteiger partial charge in [0.1, 0.15) is 0 Å². The lowest BCUT2D eigenvalue weighted by Crippen LogP contribution is -2.54. The van der Waals surface area contributed by atoms with Crippen molar-refractivity contribution in [2.45, 2.75) is 44.6 Å². The molecule has 1 heterocycles. The largest absolute Gasteiger partial charge is 0.493 e. The zero-order valence-electron chi connectivity index (χ0n) is 16.7. The maximum absolute atomic E-state index is 5.62. The Hall–Kier alpha value is -1.53. The summed E-state index contributed by atoms with van der Waals surface area (Å²) in [6.45, 7) is 5.19. The fourth-order valence-corrected chi connectivity index (χ4v) is 4.48. The molecule has 150 valence electrons. The van der Waals surface area contributed by atoms with Crippen molar-refractivity contribution in [1.82, 2.24) is 15.1 Å². The number of thiocarbonyl (C=S) groups is 1. The first kappa shape index (κ1) is 20.2. The van der Waals surface area contributed by atoms with Gasteiger partial charge in [-0.15, -0.1) is 0 Å². The van der Waals surface area contributed by atoms with Crippen LogP contribution in [0.3, 0.4) is 0 Å². The van der Waals surface area contributed by atoms with Gasteiger partial charge >= 0.3 is 0 Å². The summed E-state index contributed by atoms with van der Waals surface area (Å²) in [5.74, 6) is 1.54. The van der Waals surface area contributed by atoms with Gasteiger partial charge in [-0.2, -0.15) is 0 Å². The van der Waals surface area contributed by atoms with Crippen LogP contribution >= 0.6 is 12.2 Å². The van der Waals surface area contributed by atoms with Crippen LogP contribution in [0.5, 0.6) is 11.5 Å². The number of hydrogen-bond donors (Lipinski definition) is 1. The number of hydrogen-bond acceptors (Lipinski definition) is 4. The number of benzene rings is 1. The normalized spacial score (nSPS) is 19.0. The maximum atomic E-state index is 5.62. The summed E-state index contributed by atoms with van der Waals surface area (Å²) in [6.07, 6.45) is 7.90. The van der Waals surface area contributed by atoms with E-state index in [0.29, 0.717) is 0 Å². The van der Waals surface area contributed by atoms with E-state index in [0.717, 1.165) is 61.8 Å². The zero-order chi connectivity index (χ0) is 19.1. The Kier molecular flexibility index (Phi) is 7.59. The fraction of sp³-hybridized carbons (Fsp3) is 0.667. The van der Waals surface area contributed by atoms with Crippen LogP contribution in [-0.4, -0.2) is 67.9 Å². The van der Waals surface area contributed by atoms with Crippen LogP contribution in [0, 0.1) is 0 Å². The van der Waals surface area contributed by atoms with E-state index in [1.165, 1.54) is 37.7 Å². The van der Waals surface area contributed by atoms with Crippen molar-refractivity contribution in [2.75, 3.05) is 46.9 Å². The maximum Gasteiger partial charge on any atom is 0.169 e. The summed E-state index contributed by atoms with van der Waals surface area (Å²) in [5, 5.41) is 4.32. The number of nitrogens with zero attached hydrogens (tertiary/aromatic N) is 2. The molecule has 1 aromatic carbocycles. The van der Waals surface area contributed by atoms with Crippen LogP contribution in [0.2, 0.25) is 0 Å². The lowest BCUT2D eigenvalue weighted by Gasteiger charge is -2.41. The Morgan fingerprint density at radius 1 is 1.04 bits per heavy atom. The molecule has 0 unspecified atom stereocenters. The molecule has 0 amide bonds. The minimum absolute atomic E-state index is 0.764. The summed E-state index contributed by atoms with van der Waals surface area (Å²) in [5.41, 5.74) is 1.21. The third-order valence-electron chi connectivity index (χ3n) is 5.83. The first-order valence-electron chi connectivity index (χ1n) is 10.2. The minimum Gasteiger partial charge on any atom is -0.493 e. The SMILES string of the molecule is COc1ccc(CCNC(=S)N2CCN(C3CCCCC3)CC2)cc1OC. The topological polar surface area (TPSA) is 37.0 Å². The molecule has 0 radical (unpaired) electrons. The first-order chi connectivity index (χ1) is 13.2. The fourth-order valence-electron chi connectivity index (χ4n) is 4.20. The Labute approximate surface area is 169 Å². The highest BCUT2D eigenvalue weighted by molar-refractivity contribution is 7.80. The van der Waals surface area contributed by atoms with Crippen molar-refractivity contribution in [1.29, 1.82) is 0 Å². The van der Waals surface area contributed by atoms with Gasteiger partial charge in [-0.1, -0.05) is 25.3 Å². The van der Waals surface area contributed by atoms with Crippen molar-refractivity contribution in [3.05, 3.63) is 23.8 Å². The predicted molar refractivity (Wildman–Crippen MR) is 114 cm³/mol. The second kappa shape index (κ2) is 10.1. The van der Waals surface area contributed by atoms with Crippen LogP contribution in [-0.2, 0) is 6.42 Å². The molecule has 1 saturated carbocycles. The number of piperazine rings is 1. The molecule has 0 atom stereocenters. The average Bonchev–Trinajstić information content (AvgIpc) is 2.74. The van der Waals surface area contributed by atoms with Gasteiger partial charge in [0.25, 0.3) is 0 Å². The van der Waals surface area contributed by atoms with Crippen LogP contribution in [0.1, 0.15) is 37.7 Å². The molecule has 27 heavy (non-hydrogen) atoms. The van der Waals surface area contributed by atoms with Gasteiger partial charge in [0, 0.05) is 38.8 Å². The number of ether oxygens (including phenoxy) is 2. The molecule has 1 aromatic rings. The second-order valence-corrected chi connectivity index (χ2v) is 7.87. The molecule has 6 heteroatoms. The van der Waals surface area contributed by atoms with E-state index in [1.54, 1.807) is 14.2 Å². The molecule has 0 aromatic heterocycles. The van der Waals surface area contributed by atoms with E-state index in [-0.39, 0.29) is 0 Å². The van der Waals surface area contributed by atoms with Crippen molar-refractivity contribution in [2.24, 2.45) is 0 Å². The summed E-state index contributed by atoms with van der Waals surface area (Å²) >= 11 is 5.62. The van der Waals surface area contributed by atoms with Crippen LogP contribution in [0.15, 0.2) is 18.2 Å². The van der Waals surface area contributed by atoms with E-state index < -0.39 is 0 Å². The number of nitrogens with one attached hydrogen (secondary N) is 1. The number of methoxy groups -OCH3 is 2. The molecule has 5 nitrogen and oxygen atoms in total. The monoisotopic (exact) mass is 391 g/mol. The highest BCUT2D eigenvalue weighted by Crippen LogP contribution is 2.27. The van der Waals surface area contributed by atoms with Gasteiger partial charge in [-0.3, -0.25) is 4.90 Å². The molecular weight excluding hydrogens is 358 g/mol. The Bertz CT molecular complexity index is 611. The van der Waals surface area contributed by atoms with Gasteiger partial charge < -0.3 is 19.7 Å². The van der Waals surface area contributed by atoms with Crippen molar-refractivity contribution in [3.8, 4) is 11.5 Å². The molecule has 3 rings (SSSR count). The van der Waals surface area contributed by atoms with Gasteiger partial charge in [0.15, 0.2) is 16.6 Å². The Morgan fingerprint density at radius 3 is 2.41 bits per heavy atom. The lowest BCUT2D eigenvalue weighted by atomic mass is 9.94. The third kappa shape index (κ3) is 5.48. The van der Waals surface area contributed by atoms with Crippen LogP contribution < -0.4 is 14.8 Å². The zero-order valence-corrected chi connectivity index (χ0v) is 17.5. The van der Waals surface area contributed by atoms with Crippen molar-refractivity contribution in [3.63, 3.8) is 0 Å². The summed E-state index contributed by atoms with van der Waals surface area (Å²) in [7, 11) is 3.33. The highest BCUT2D eigenvalue weighted by atomic mass is 32.1. The number of rotatable bonds is 6. The highest BCUT2D eigenvalue weighted by Gasteiger charge is 2.25. The second-order valence-electron chi connectivity index (χ2n) is 7.49. The standard InChI is InChI=1S/C21H33N3O2S/c1-25-19-9-8-17(16-20(19)26-2)10-11-22-21(27)24-14-12-23(13-15-24)18-6-4-3-5-7-18/h8-9,16,18H,3-7,10-15H2,1-2H3,(H,22,27). The van der Waals surface area contributed by atoms with E-state index in [9.17, 15) is 0 Å². The van der Waals surface area contributed by atoms with Crippen LogP contribution in [0.4, 0.5) is 0 Å². The van der Waals surface area contributed by atoms with Gasteiger partial charge in [0.2, 0.25) is 0 Å². The molecule has 2 aliphatic rings. The summed E-state index contributed by atoms with van der Waals surface area (Å²) in [6, 6.07) is 6.88. The Balaban J connectivity index is 1.40. The molecule has 0 spiro atoms. The smallest absolute Gasteiger partial charge is 0.169 e. The minimum atomic E-state index is 0.764. The molecule has 1 aliphatic heterocycles. The van der Waals surface area contributed by atoms with Gasteiger partial charge in [0.05, 0.1) is 14.2 Å². The van der Waals surface area contributed by atoms with Gasteiger partial charge in [-0.05, 0) is 49.2 Å². The quantitative estimate of drug-likeness (QED) is 0.751. The first-order valence-corrected chi connectivity index (χ1v) is 10.6. The Morgan fingerprint density at radius 2 is 1.74 bits per heavy atom. The van der Waals surface area contributed by atoms with Crippen molar-refractivity contribution >= 4 is 17.3 Å². The third-order valence-corrected chi connectivity index (χ3v) is 6.23. The molecule has 1 saturated heterocycles. The van der Waals surface area contributed by atoms with Crippen LogP contribution in [0.25, 0.3) is 0 Å². The predicted octanol–water partition coefficient (Wildman–Crippen LogP) is 3.07. The molecule has 0 bridgehead atoms. The van der Waals surface area contributed by atoms with E-state index in [2.05, 4.69) is 21.2 Å². The summed E-state index contributed by atoms with van der Waals surface area (Å²) in [4.78, 5) is 5.01.